The first kappa shape index (κ1) is 15.8. The maximum atomic E-state index is 13.2. The van der Waals surface area contributed by atoms with Crippen LogP contribution in [0.5, 0.6) is 0 Å². The summed E-state index contributed by atoms with van der Waals surface area (Å²) in [5, 5.41) is 0.559. The van der Waals surface area contributed by atoms with E-state index in [9.17, 15) is 12.8 Å². The van der Waals surface area contributed by atoms with Crippen LogP contribution in [0.25, 0.3) is 0 Å². The van der Waals surface area contributed by atoms with E-state index in [4.69, 9.17) is 17.3 Å². The summed E-state index contributed by atoms with van der Waals surface area (Å²) >= 11 is 5.79. The van der Waals surface area contributed by atoms with Crippen molar-refractivity contribution in [3.05, 3.63) is 58.9 Å². The number of nitrogen functional groups attached to an aromatic ring is 1. The number of nitrogens with two attached hydrogens (primary N) is 1. The van der Waals surface area contributed by atoms with Crippen LogP contribution in [-0.4, -0.2) is 8.42 Å². The number of sulfonamides is 1. The van der Waals surface area contributed by atoms with Gasteiger partial charge in [-0.05, 0) is 42.8 Å². The number of hydrogen-bond donors (Lipinski definition) is 2. The van der Waals surface area contributed by atoms with E-state index in [1.54, 1.807) is 31.2 Å². The van der Waals surface area contributed by atoms with Gasteiger partial charge in [-0.3, -0.25) is 0 Å². The van der Waals surface area contributed by atoms with Crippen LogP contribution in [-0.2, 0) is 10.0 Å². The molecule has 0 radical (unpaired) electrons. The Morgan fingerprint density at radius 1 is 1.19 bits per heavy atom. The molecule has 3 N–H and O–H groups in total. The van der Waals surface area contributed by atoms with E-state index in [-0.39, 0.29) is 10.6 Å². The molecule has 112 valence electrons. The van der Waals surface area contributed by atoms with Gasteiger partial charge in [0.2, 0.25) is 10.0 Å². The highest BCUT2D eigenvalue weighted by Crippen LogP contribution is 2.23. The Morgan fingerprint density at radius 2 is 1.81 bits per heavy atom. The van der Waals surface area contributed by atoms with Crippen LogP contribution in [0.2, 0.25) is 5.02 Å². The van der Waals surface area contributed by atoms with Crippen LogP contribution >= 0.6 is 11.6 Å². The fourth-order valence-electron chi connectivity index (χ4n) is 1.86. The first-order chi connectivity index (χ1) is 9.79. The molecule has 2 aromatic carbocycles. The van der Waals surface area contributed by atoms with Crippen LogP contribution in [0.15, 0.2) is 47.4 Å². The summed E-state index contributed by atoms with van der Waals surface area (Å²) in [6.45, 7) is 1.68. The van der Waals surface area contributed by atoms with E-state index in [0.717, 1.165) is 17.7 Å². The van der Waals surface area contributed by atoms with Gasteiger partial charge in [-0.1, -0.05) is 23.7 Å². The van der Waals surface area contributed by atoms with Crippen LogP contribution in [0, 0.1) is 5.82 Å². The Morgan fingerprint density at radius 3 is 2.43 bits per heavy atom. The minimum absolute atomic E-state index is 0.00722. The summed E-state index contributed by atoms with van der Waals surface area (Å²) in [6.07, 6.45) is 0. The lowest BCUT2D eigenvalue weighted by atomic mass is 10.1. The Labute approximate surface area is 127 Å². The molecule has 0 bridgehead atoms. The average molecular weight is 329 g/mol. The van der Waals surface area contributed by atoms with Gasteiger partial charge in [0.15, 0.2) is 0 Å². The minimum atomic E-state index is -3.92. The van der Waals surface area contributed by atoms with Crippen LogP contribution < -0.4 is 10.5 Å². The van der Waals surface area contributed by atoms with Gasteiger partial charge >= 0.3 is 0 Å². The molecule has 0 amide bonds. The third kappa shape index (κ3) is 3.72. The molecule has 4 nitrogen and oxygen atoms in total. The lowest BCUT2D eigenvalue weighted by Gasteiger charge is -2.15. The Balaban J connectivity index is 2.28. The minimum Gasteiger partial charge on any atom is -0.398 e. The van der Waals surface area contributed by atoms with Gasteiger partial charge in [-0.2, -0.15) is 0 Å². The SMILES string of the molecule is CC(NS(=O)(=O)c1cc(F)ccc1N)c1ccc(Cl)cc1. The summed E-state index contributed by atoms with van der Waals surface area (Å²) in [7, 11) is -3.92. The summed E-state index contributed by atoms with van der Waals surface area (Å²) in [5.41, 5.74) is 6.33. The van der Waals surface area contributed by atoms with Gasteiger partial charge < -0.3 is 5.73 Å². The lowest BCUT2D eigenvalue weighted by Crippen LogP contribution is -2.27. The van der Waals surface area contributed by atoms with Crippen molar-refractivity contribution < 1.29 is 12.8 Å². The summed E-state index contributed by atoms with van der Waals surface area (Å²) in [6, 6.07) is 9.47. The average Bonchev–Trinajstić information content (AvgIpc) is 2.41. The van der Waals surface area contributed by atoms with Gasteiger partial charge in [0.1, 0.15) is 10.7 Å². The zero-order chi connectivity index (χ0) is 15.6. The number of benzene rings is 2. The molecule has 0 saturated carbocycles. The number of nitrogens with one attached hydrogen (secondary N) is 1. The molecule has 1 unspecified atom stereocenters. The smallest absolute Gasteiger partial charge is 0.243 e. The van der Waals surface area contributed by atoms with Gasteiger partial charge in [0, 0.05) is 11.1 Å². The van der Waals surface area contributed by atoms with E-state index in [2.05, 4.69) is 4.72 Å². The van der Waals surface area contributed by atoms with Crippen molar-refractivity contribution in [2.75, 3.05) is 5.73 Å². The van der Waals surface area contributed by atoms with Crippen molar-refractivity contribution in [2.45, 2.75) is 17.9 Å². The highest BCUT2D eigenvalue weighted by atomic mass is 35.5. The van der Waals surface area contributed by atoms with E-state index in [1.165, 1.54) is 6.07 Å². The molecule has 0 fully saturated rings. The second-order valence-electron chi connectivity index (χ2n) is 4.58. The maximum Gasteiger partial charge on any atom is 0.243 e. The molecule has 1 atom stereocenters. The van der Waals surface area contributed by atoms with Crippen molar-refractivity contribution in [3.8, 4) is 0 Å². The zero-order valence-corrected chi connectivity index (χ0v) is 12.7. The number of halogens is 2. The summed E-state index contributed by atoms with van der Waals surface area (Å²) < 4.78 is 40.2. The molecule has 0 aliphatic carbocycles. The van der Waals surface area contributed by atoms with E-state index < -0.39 is 21.9 Å². The van der Waals surface area contributed by atoms with Crippen molar-refractivity contribution in [2.24, 2.45) is 0 Å². The monoisotopic (exact) mass is 328 g/mol. The normalized spacial score (nSPS) is 13.1. The van der Waals surface area contributed by atoms with Crippen molar-refractivity contribution in [1.29, 1.82) is 0 Å². The Kier molecular flexibility index (Phi) is 4.51. The fraction of sp³-hybridized carbons (Fsp3) is 0.143. The van der Waals surface area contributed by atoms with Crippen molar-refractivity contribution in [3.63, 3.8) is 0 Å². The van der Waals surface area contributed by atoms with E-state index in [1.807, 2.05) is 0 Å². The Bertz CT molecular complexity index is 748. The molecule has 2 aromatic rings. The molecule has 7 heteroatoms. The predicted molar refractivity (Wildman–Crippen MR) is 81.0 cm³/mol. The molecular weight excluding hydrogens is 315 g/mol. The van der Waals surface area contributed by atoms with Crippen LogP contribution in [0.3, 0.4) is 0 Å². The van der Waals surface area contributed by atoms with Crippen molar-refractivity contribution >= 4 is 27.3 Å². The van der Waals surface area contributed by atoms with Gasteiger partial charge in [0.05, 0.1) is 5.69 Å². The molecular formula is C14H14ClFN2O2S. The topological polar surface area (TPSA) is 72.2 Å². The predicted octanol–water partition coefficient (Wildman–Crippen LogP) is 3.10. The van der Waals surface area contributed by atoms with Gasteiger partial charge in [-0.15, -0.1) is 0 Å². The van der Waals surface area contributed by atoms with Gasteiger partial charge in [-0.25, -0.2) is 17.5 Å². The lowest BCUT2D eigenvalue weighted by molar-refractivity contribution is 0.564. The third-order valence-corrected chi connectivity index (χ3v) is 4.82. The van der Waals surface area contributed by atoms with Crippen molar-refractivity contribution in [1.82, 2.24) is 4.72 Å². The molecule has 0 aliphatic heterocycles. The maximum absolute atomic E-state index is 13.2. The summed E-state index contributed by atoms with van der Waals surface area (Å²) in [5.74, 6) is -0.663. The molecule has 0 saturated heterocycles. The first-order valence-electron chi connectivity index (χ1n) is 6.12. The second kappa shape index (κ2) is 6.01. The van der Waals surface area contributed by atoms with Crippen LogP contribution in [0.4, 0.5) is 10.1 Å². The van der Waals surface area contributed by atoms with Gasteiger partial charge in [0.25, 0.3) is 0 Å². The second-order valence-corrected chi connectivity index (χ2v) is 6.70. The molecule has 0 spiro atoms. The van der Waals surface area contributed by atoms with Crippen LogP contribution in [0.1, 0.15) is 18.5 Å². The standard InChI is InChI=1S/C14H14ClFN2O2S/c1-9(10-2-4-11(15)5-3-10)18-21(19,20)14-8-12(16)6-7-13(14)17/h2-9,18H,17H2,1H3. The summed E-state index contributed by atoms with van der Waals surface area (Å²) in [4.78, 5) is -0.275. The molecule has 0 aliphatic rings. The highest BCUT2D eigenvalue weighted by molar-refractivity contribution is 7.89. The van der Waals surface area contributed by atoms with E-state index >= 15 is 0 Å². The molecule has 2 rings (SSSR count). The fourth-order valence-corrected chi connectivity index (χ4v) is 3.36. The quantitative estimate of drug-likeness (QED) is 0.847. The number of anilines is 1. The largest absolute Gasteiger partial charge is 0.398 e. The zero-order valence-electron chi connectivity index (χ0n) is 11.2. The number of rotatable bonds is 4. The molecule has 21 heavy (non-hydrogen) atoms. The molecule has 0 heterocycles. The highest BCUT2D eigenvalue weighted by Gasteiger charge is 2.21. The first-order valence-corrected chi connectivity index (χ1v) is 7.98. The van der Waals surface area contributed by atoms with E-state index in [0.29, 0.717) is 5.02 Å². The Hall–Kier alpha value is -1.63. The molecule has 0 aromatic heterocycles. The number of hydrogen-bond acceptors (Lipinski definition) is 3. The third-order valence-electron chi connectivity index (χ3n) is 2.97.